The van der Waals surface area contributed by atoms with Crippen LogP contribution in [-0.4, -0.2) is 21.3 Å². The van der Waals surface area contributed by atoms with Gasteiger partial charge in [0.25, 0.3) is 5.56 Å². The van der Waals surface area contributed by atoms with E-state index >= 15 is 0 Å². The summed E-state index contributed by atoms with van der Waals surface area (Å²) in [5.41, 5.74) is 0.803. The lowest BCUT2D eigenvalue weighted by atomic mass is 9.88. The number of carbonyl (C=O) groups excluding carboxylic acids is 2. The van der Waals surface area contributed by atoms with Gasteiger partial charge < -0.3 is 5.10 Å². The van der Waals surface area contributed by atoms with Crippen LogP contribution in [0.15, 0.2) is 11.0 Å². The number of aromatic nitrogens is 2. The highest BCUT2D eigenvalue weighted by molar-refractivity contribution is 6.03. The first-order valence-corrected chi connectivity index (χ1v) is 5.70. The highest BCUT2D eigenvalue weighted by atomic mass is 16.2. The number of aryl methyl sites for hydroxylation is 2. The molecule has 1 fully saturated rings. The van der Waals surface area contributed by atoms with Gasteiger partial charge in [-0.2, -0.15) is 0 Å². The van der Waals surface area contributed by atoms with Crippen molar-refractivity contribution in [2.24, 2.45) is 13.0 Å². The Morgan fingerprint density at radius 2 is 1.76 bits per heavy atom. The van der Waals surface area contributed by atoms with E-state index in [4.69, 9.17) is 0 Å². The van der Waals surface area contributed by atoms with Crippen molar-refractivity contribution in [2.75, 3.05) is 0 Å². The van der Waals surface area contributed by atoms with Crippen molar-refractivity contribution < 1.29 is 9.59 Å². The second kappa shape index (κ2) is 5.61. The third kappa shape index (κ3) is 3.41. The lowest BCUT2D eigenvalue weighted by Gasteiger charge is -2.13. The summed E-state index contributed by atoms with van der Waals surface area (Å²) in [5, 5.41) is 2.74. The van der Waals surface area contributed by atoms with Gasteiger partial charge in [0.2, 0.25) is 0 Å². The predicted octanol–water partition coefficient (Wildman–Crippen LogP) is 0.966. The molecule has 0 amide bonds. The summed E-state index contributed by atoms with van der Waals surface area (Å²) in [7, 11) is 1.69. The summed E-state index contributed by atoms with van der Waals surface area (Å²) in [6, 6.07) is 0. The Kier molecular flexibility index (Phi) is 4.43. The molecule has 1 aromatic rings. The van der Waals surface area contributed by atoms with E-state index in [0.717, 1.165) is 12.0 Å². The molecule has 5 nitrogen and oxygen atoms in total. The largest absolute Gasteiger partial charge is 0.303 e. The van der Waals surface area contributed by atoms with Crippen LogP contribution in [0.3, 0.4) is 0 Å². The average molecular weight is 238 g/mol. The van der Waals surface area contributed by atoms with Crippen LogP contribution in [0.25, 0.3) is 0 Å². The molecule has 1 saturated carbocycles. The van der Waals surface area contributed by atoms with Crippen LogP contribution in [0.1, 0.15) is 31.7 Å². The van der Waals surface area contributed by atoms with Gasteiger partial charge in [0.1, 0.15) is 11.6 Å². The number of carbonyl (C=O) groups is 2. The first kappa shape index (κ1) is 13.4. The van der Waals surface area contributed by atoms with E-state index in [9.17, 15) is 14.4 Å². The van der Waals surface area contributed by atoms with Crippen molar-refractivity contribution in [3.63, 3.8) is 0 Å². The molecule has 0 bridgehead atoms. The van der Waals surface area contributed by atoms with E-state index in [2.05, 4.69) is 5.10 Å². The Morgan fingerprint density at radius 3 is 2.00 bits per heavy atom. The van der Waals surface area contributed by atoms with Crippen LogP contribution in [0.5, 0.6) is 0 Å². The second-order valence-corrected chi connectivity index (χ2v) is 4.33. The Balaban J connectivity index is 0.000000171. The van der Waals surface area contributed by atoms with Crippen molar-refractivity contribution >= 4 is 11.6 Å². The van der Waals surface area contributed by atoms with Crippen LogP contribution in [-0.2, 0) is 16.6 Å². The molecular weight excluding hydrogens is 220 g/mol. The van der Waals surface area contributed by atoms with Crippen molar-refractivity contribution in [1.82, 2.24) is 9.78 Å². The van der Waals surface area contributed by atoms with E-state index in [1.807, 2.05) is 0 Å². The molecule has 1 N–H and O–H groups in total. The number of hydrogen-bond acceptors (Lipinski definition) is 3. The van der Waals surface area contributed by atoms with Gasteiger partial charge in [0, 0.05) is 31.6 Å². The SMILES string of the molecule is CC1C(=O)CCCC1=O.Cc1c[nH]n(C)c1=O. The summed E-state index contributed by atoms with van der Waals surface area (Å²) >= 11 is 0. The summed E-state index contributed by atoms with van der Waals surface area (Å²) in [4.78, 5) is 32.3. The minimum absolute atomic E-state index is 0.0463. The van der Waals surface area contributed by atoms with E-state index in [0.29, 0.717) is 12.8 Å². The zero-order chi connectivity index (χ0) is 13.0. The van der Waals surface area contributed by atoms with Crippen molar-refractivity contribution in [3.05, 3.63) is 22.1 Å². The molecule has 1 aliphatic carbocycles. The van der Waals surface area contributed by atoms with Gasteiger partial charge in [-0.3, -0.25) is 19.1 Å². The summed E-state index contributed by atoms with van der Waals surface area (Å²) in [6.45, 7) is 3.47. The molecule has 2 rings (SSSR count). The lowest BCUT2D eigenvalue weighted by molar-refractivity contribution is -0.134. The standard InChI is InChI=1S/C7H10O2.C5H8N2O/c1-5-6(8)3-2-4-7(5)9;1-4-3-6-7(2)5(4)8/h5H,2-4H2,1H3;3,6H,1-2H3. The van der Waals surface area contributed by atoms with Gasteiger partial charge in [-0.15, -0.1) is 0 Å². The quantitative estimate of drug-likeness (QED) is 0.684. The number of nitrogens with one attached hydrogen (secondary N) is 1. The fourth-order valence-corrected chi connectivity index (χ4v) is 1.63. The fraction of sp³-hybridized carbons (Fsp3) is 0.583. The lowest BCUT2D eigenvalue weighted by Crippen LogP contribution is -2.25. The Bertz CT molecular complexity index is 432. The van der Waals surface area contributed by atoms with Crippen LogP contribution in [0, 0.1) is 12.8 Å². The smallest absolute Gasteiger partial charge is 0.269 e. The molecule has 0 aromatic carbocycles. The Morgan fingerprint density at radius 1 is 1.24 bits per heavy atom. The van der Waals surface area contributed by atoms with E-state index < -0.39 is 0 Å². The number of hydrogen-bond donors (Lipinski definition) is 1. The number of H-pyrrole nitrogens is 1. The van der Waals surface area contributed by atoms with Gasteiger partial charge >= 0.3 is 0 Å². The molecule has 0 saturated heterocycles. The number of aromatic amines is 1. The van der Waals surface area contributed by atoms with Crippen molar-refractivity contribution in [1.29, 1.82) is 0 Å². The number of Topliss-reactive ketones (excluding diaryl/α,β-unsaturated/α-hetero) is 2. The van der Waals surface area contributed by atoms with Crippen molar-refractivity contribution in [3.8, 4) is 0 Å². The minimum atomic E-state index is -0.307. The first-order valence-electron chi connectivity index (χ1n) is 5.70. The molecule has 1 heterocycles. The zero-order valence-electron chi connectivity index (χ0n) is 10.4. The number of rotatable bonds is 0. The maximum absolute atomic E-state index is 10.8. The third-order valence-electron chi connectivity index (χ3n) is 2.93. The highest BCUT2D eigenvalue weighted by Gasteiger charge is 2.24. The Hall–Kier alpha value is -1.65. The maximum atomic E-state index is 10.8. The fourth-order valence-electron chi connectivity index (χ4n) is 1.63. The van der Waals surface area contributed by atoms with Gasteiger partial charge in [-0.05, 0) is 20.3 Å². The molecule has 5 heteroatoms. The molecule has 0 aliphatic heterocycles. The normalized spacial score (nSPS) is 16.6. The highest BCUT2D eigenvalue weighted by Crippen LogP contribution is 2.15. The third-order valence-corrected chi connectivity index (χ3v) is 2.93. The molecule has 0 unspecified atom stereocenters. The van der Waals surface area contributed by atoms with Crippen molar-refractivity contribution in [2.45, 2.75) is 33.1 Å². The van der Waals surface area contributed by atoms with Crippen LogP contribution in [0.2, 0.25) is 0 Å². The average Bonchev–Trinajstić information content (AvgIpc) is 2.58. The molecule has 0 radical (unpaired) electrons. The molecule has 0 atom stereocenters. The molecular formula is C12H18N2O3. The predicted molar refractivity (Wildman–Crippen MR) is 63.8 cm³/mol. The summed E-state index contributed by atoms with van der Waals surface area (Å²) in [5.74, 6) is -0.0729. The van der Waals surface area contributed by atoms with Crippen LogP contribution in [0.4, 0.5) is 0 Å². The maximum Gasteiger partial charge on any atom is 0.269 e. The summed E-state index contributed by atoms with van der Waals surface area (Å²) < 4.78 is 1.44. The molecule has 94 valence electrons. The number of nitrogens with zero attached hydrogens (tertiary/aromatic N) is 1. The second-order valence-electron chi connectivity index (χ2n) is 4.33. The van der Waals surface area contributed by atoms with Gasteiger partial charge in [0.15, 0.2) is 0 Å². The molecule has 0 spiro atoms. The van der Waals surface area contributed by atoms with Crippen LogP contribution < -0.4 is 5.56 Å². The van der Waals surface area contributed by atoms with E-state index in [1.54, 1.807) is 27.1 Å². The number of ketones is 2. The van der Waals surface area contributed by atoms with E-state index in [-0.39, 0.29) is 23.0 Å². The first-order chi connectivity index (χ1) is 7.93. The summed E-state index contributed by atoms with van der Waals surface area (Å²) in [6.07, 6.45) is 3.66. The van der Waals surface area contributed by atoms with Gasteiger partial charge in [0.05, 0.1) is 5.92 Å². The van der Waals surface area contributed by atoms with Gasteiger partial charge in [-0.1, -0.05) is 0 Å². The Labute approximate surface area is 99.8 Å². The minimum Gasteiger partial charge on any atom is -0.303 e. The molecule has 17 heavy (non-hydrogen) atoms. The van der Waals surface area contributed by atoms with E-state index in [1.165, 1.54) is 4.68 Å². The monoisotopic (exact) mass is 238 g/mol. The topological polar surface area (TPSA) is 71.9 Å². The molecule has 1 aromatic heterocycles. The zero-order valence-corrected chi connectivity index (χ0v) is 10.4. The van der Waals surface area contributed by atoms with Crippen LogP contribution >= 0.6 is 0 Å². The van der Waals surface area contributed by atoms with Gasteiger partial charge in [-0.25, -0.2) is 0 Å². The molecule has 1 aliphatic rings.